The summed E-state index contributed by atoms with van der Waals surface area (Å²) in [6, 6.07) is 85.9. The van der Waals surface area contributed by atoms with E-state index in [1.54, 1.807) is 11.3 Å². The third kappa shape index (κ3) is 6.76. The van der Waals surface area contributed by atoms with Gasteiger partial charge in [0.05, 0.1) is 11.0 Å². The van der Waals surface area contributed by atoms with Crippen LogP contribution in [0.15, 0.2) is 251 Å². The van der Waals surface area contributed by atoms with E-state index in [1.807, 2.05) is 30.3 Å². The van der Waals surface area contributed by atoms with Crippen molar-refractivity contribution in [3.05, 3.63) is 243 Å². The zero-order valence-electron chi connectivity index (χ0n) is 40.6. The van der Waals surface area contributed by atoms with Gasteiger partial charge in [-0.05, 0) is 124 Å². The number of furan rings is 2. The highest BCUT2D eigenvalue weighted by molar-refractivity contribution is 7.25. The molecule has 0 aliphatic carbocycles. The van der Waals surface area contributed by atoms with Gasteiger partial charge in [0.1, 0.15) is 22.3 Å². The minimum atomic E-state index is 0.557. The lowest BCUT2D eigenvalue weighted by molar-refractivity contribution is 0.668. The first kappa shape index (κ1) is 42.5. The summed E-state index contributed by atoms with van der Waals surface area (Å²) in [4.78, 5) is 16.0. The second-order valence-corrected chi connectivity index (χ2v) is 20.5. The summed E-state index contributed by atoms with van der Waals surface area (Å²) < 4.78 is 17.8. The second-order valence-electron chi connectivity index (χ2n) is 19.5. The van der Waals surface area contributed by atoms with E-state index in [0.29, 0.717) is 17.5 Å². The number of thiophene rings is 1. The van der Waals surface area contributed by atoms with Gasteiger partial charge in [-0.3, -0.25) is 0 Å². The van der Waals surface area contributed by atoms with Crippen LogP contribution in [0.1, 0.15) is 0 Å². The maximum atomic E-state index is 6.65. The first-order chi connectivity index (χ1) is 37.6. The van der Waals surface area contributed by atoms with Gasteiger partial charge in [0, 0.05) is 74.9 Å². The molecule has 0 saturated heterocycles. The zero-order chi connectivity index (χ0) is 49.8. The van der Waals surface area contributed by atoms with Crippen LogP contribution in [0.5, 0.6) is 0 Å². The molecule has 0 radical (unpaired) electrons. The summed E-state index contributed by atoms with van der Waals surface area (Å²) in [5, 5.41) is 8.84. The molecule has 16 aromatic rings. The predicted octanol–water partition coefficient (Wildman–Crippen LogP) is 19.1. The molecule has 76 heavy (non-hydrogen) atoms. The molecule has 0 bridgehead atoms. The molecule has 0 amide bonds. The van der Waals surface area contributed by atoms with Crippen LogP contribution in [0.4, 0.5) is 0 Å². The van der Waals surface area contributed by atoms with E-state index in [4.69, 9.17) is 23.8 Å². The standard InChI is InChI=1S/C69H40N4O2S/c1-2-18-48(19-3-1)73-57-25-7-4-20-49(57)55-38-45(31-34-58(55)73)43-16-10-14-41(36-43)42-15-11-17-44(37-42)46-32-35-60-56(39-46)65-53(23-12-27-61(65)74-60)68-70-67(47-30-33-51-50-21-5-8-26-59(50)75-62(51)40-47)71-69(72-68)54-24-13-29-64-66(54)52-22-6-9-28-63(52)76-64/h1-40H. The van der Waals surface area contributed by atoms with Crippen LogP contribution >= 0.6 is 11.3 Å². The van der Waals surface area contributed by atoms with Crippen molar-refractivity contribution in [1.82, 2.24) is 19.5 Å². The summed E-state index contributed by atoms with van der Waals surface area (Å²) in [7, 11) is 0. The SMILES string of the molecule is c1ccc(-n2c3ccccc3c3cc(-c4cccc(-c5cccc(-c6ccc7oc8cccc(-c9nc(-c%10ccc%11c(c%10)oc%10ccccc%10%11)nc(-c%10cccc%11sc%12ccccc%12c%10%11)n9)c8c7c6)c5)c4)ccc32)cc1. The quantitative estimate of drug-likeness (QED) is 0.159. The highest BCUT2D eigenvalue weighted by Gasteiger charge is 2.22. The van der Waals surface area contributed by atoms with E-state index in [0.717, 1.165) is 93.9 Å². The molecule has 0 aliphatic rings. The Bertz CT molecular complexity index is 5020. The van der Waals surface area contributed by atoms with Crippen molar-refractivity contribution in [3.63, 3.8) is 0 Å². The van der Waals surface area contributed by atoms with Crippen molar-refractivity contribution < 1.29 is 8.83 Å². The molecule has 11 aromatic carbocycles. The van der Waals surface area contributed by atoms with Crippen molar-refractivity contribution in [2.75, 3.05) is 0 Å². The number of hydrogen-bond acceptors (Lipinski definition) is 6. The Morgan fingerprint density at radius 2 is 0.816 bits per heavy atom. The number of para-hydroxylation sites is 3. The fraction of sp³-hybridized carbons (Fsp3) is 0. The fourth-order valence-electron chi connectivity index (χ4n) is 11.5. The minimum absolute atomic E-state index is 0.557. The molecule has 0 fully saturated rings. The summed E-state index contributed by atoms with van der Waals surface area (Å²) >= 11 is 1.78. The number of rotatable bonds is 7. The van der Waals surface area contributed by atoms with Crippen LogP contribution in [0, 0.1) is 0 Å². The van der Waals surface area contributed by atoms with Crippen LogP contribution < -0.4 is 0 Å². The van der Waals surface area contributed by atoms with Gasteiger partial charge in [-0.15, -0.1) is 11.3 Å². The Labute approximate surface area is 439 Å². The Morgan fingerprint density at radius 1 is 0.289 bits per heavy atom. The van der Waals surface area contributed by atoms with Crippen molar-refractivity contribution in [2.45, 2.75) is 0 Å². The maximum absolute atomic E-state index is 6.65. The second kappa shape index (κ2) is 16.8. The summed E-state index contributed by atoms with van der Waals surface area (Å²) in [5.74, 6) is 1.71. The van der Waals surface area contributed by atoms with Gasteiger partial charge in [-0.1, -0.05) is 152 Å². The van der Waals surface area contributed by atoms with Crippen molar-refractivity contribution in [3.8, 4) is 73.2 Å². The Hall–Kier alpha value is -9.95. The maximum Gasteiger partial charge on any atom is 0.164 e. The van der Waals surface area contributed by atoms with Gasteiger partial charge < -0.3 is 13.4 Å². The minimum Gasteiger partial charge on any atom is -0.456 e. The van der Waals surface area contributed by atoms with Crippen LogP contribution in [0.2, 0.25) is 0 Å². The lowest BCUT2D eigenvalue weighted by Crippen LogP contribution is -2.00. The fourth-order valence-corrected chi connectivity index (χ4v) is 12.7. The molecule has 7 heteroatoms. The monoisotopic (exact) mass is 988 g/mol. The molecular formula is C69H40N4O2S. The van der Waals surface area contributed by atoms with E-state index in [9.17, 15) is 0 Å². The first-order valence-corrected chi connectivity index (χ1v) is 26.3. The lowest BCUT2D eigenvalue weighted by atomic mass is 9.95. The lowest BCUT2D eigenvalue weighted by Gasteiger charge is -2.11. The van der Waals surface area contributed by atoms with Gasteiger partial charge in [0.15, 0.2) is 17.5 Å². The van der Waals surface area contributed by atoms with E-state index in [1.165, 1.54) is 47.7 Å². The number of nitrogens with zero attached hydrogens (tertiary/aromatic N) is 4. The molecule has 0 atom stereocenters. The largest absolute Gasteiger partial charge is 0.456 e. The number of benzene rings is 11. The Balaban J connectivity index is 0.810. The number of fused-ring (bicyclic) bond motifs is 12. The Morgan fingerprint density at radius 3 is 1.61 bits per heavy atom. The van der Waals surface area contributed by atoms with E-state index in [2.05, 4.69) is 217 Å². The topological polar surface area (TPSA) is 69.9 Å². The van der Waals surface area contributed by atoms with E-state index < -0.39 is 0 Å². The highest BCUT2D eigenvalue weighted by Crippen LogP contribution is 2.43. The molecule has 5 heterocycles. The molecule has 6 nitrogen and oxygen atoms in total. The van der Waals surface area contributed by atoms with Gasteiger partial charge in [0.2, 0.25) is 0 Å². The van der Waals surface area contributed by atoms with E-state index >= 15 is 0 Å². The molecule has 0 N–H and O–H groups in total. The molecule has 5 aromatic heterocycles. The van der Waals surface area contributed by atoms with Crippen LogP contribution in [-0.2, 0) is 0 Å². The molecule has 16 rings (SSSR count). The van der Waals surface area contributed by atoms with Crippen molar-refractivity contribution in [2.24, 2.45) is 0 Å². The third-order valence-electron chi connectivity index (χ3n) is 15.1. The van der Waals surface area contributed by atoms with Gasteiger partial charge in [0.25, 0.3) is 0 Å². The molecule has 0 spiro atoms. The van der Waals surface area contributed by atoms with Crippen LogP contribution in [0.3, 0.4) is 0 Å². The number of hydrogen-bond donors (Lipinski definition) is 0. The van der Waals surface area contributed by atoms with Gasteiger partial charge in [-0.2, -0.15) is 0 Å². The molecule has 0 saturated carbocycles. The molecular weight excluding hydrogens is 949 g/mol. The predicted molar refractivity (Wildman–Crippen MR) is 314 cm³/mol. The van der Waals surface area contributed by atoms with Crippen molar-refractivity contribution in [1.29, 1.82) is 0 Å². The van der Waals surface area contributed by atoms with Gasteiger partial charge >= 0.3 is 0 Å². The van der Waals surface area contributed by atoms with Crippen molar-refractivity contribution >= 4 is 97.2 Å². The Kier molecular flexibility index (Phi) is 9.40. The normalized spacial score (nSPS) is 11.9. The van der Waals surface area contributed by atoms with E-state index in [-0.39, 0.29) is 0 Å². The number of aromatic nitrogens is 4. The molecule has 0 unspecified atom stereocenters. The highest BCUT2D eigenvalue weighted by atomic mass is 32.1. The first-order valence-electron chi connectivity index (χ1n) is 25.5. The molecule has 0 aliphatic heterocycles. The third-order valence-corrected chi connectivity index (χ3v) is 16.2. The summed E-state index contributed by atoms with van der Waals surface area (Å²) in [6.07, 6.45) is 0. The van der Waals surface area contributed by atoms with Crippen LogP contribution in [0.25, 0.3) is 159 Å². The van der Waals surface area contributed by atoms with Gasteiger partial charge in [-0.25, -0.2) is 15.0 Å². The molecule has 354 valence electrons. The van der Waals surface area contributed by atoms with Crippen LogP contribution in [-0.4, -0.2) is 19.5 Å². The average Bonchev–Trinajstić information content (AvgIpc) is 4.28. The summed E-state index contributed by atoms with van der Waals surface area (Å²) in [5.41, 5.74) is 16.2. The average molecular weight is 989 g/mol. The smallest absolute Gasteiger partial charge is 0.164 e. The summed E-state index contributed by atoms with van der Waals surface area (Å²) in [6.45, 7) is 0. The zero-order valence-corrected chi connectivity index (χ0v) is 41.4.